The van der Waals surface area contributed by atoms with Gasteiger partial charge in [0.15, 0.2) is 0 Å². The summed E-state index contributed by atoms with van der Waals surface area (Å²) in [6, 6.07) is 13.9. The van der Waals surface area contributed by atoms with E-state index in [1.807, 2.05) is 24.3 Å². The highest BCUT2D eigenvalue weighted by molar-refractivity contribution is 6.07. The fourth-order valence-corrected chi connectivity index (χ4v) is 3.06. The monoisotopic (exact) mass is 370 g/mol. The number of amides is 2. The highest BCUT2D eigenvalue weighted by atomic mass is 19.1. The van der Waals surface area contributed by atoms with E-state index in [0.29, 0.717) is 43.7 Å². The van der Waals surface area contributed by atoms with E-state index >= 15 is 0 Å². The smallest absolute Gasteiger partial charge is 0.235 e. The lowest BCUT2D eigenvalue weighted by Crippen LogP contribution is -2.43. The number of carbonyl (C=O) groups is 2. The van der Waals surface area contributed by atoms with Crippen LogP contribution in [0.5, 0.6) is 5.75 Å². The van der Waals surface area contributed by atoms with E-state index in [-0.39, 0.29) is 17.6 Å². The molecular weight excluding hydrogens is 347 g/mol. The first-order valence-electron chi connectivity index (χ1n) is 8.99. The zero-order valence-corrected chi connectivity index (χ0v) is 15.3. The van der Waals surface area contributed by atoms with E-state index in [1.54, 1.807) is 25.3 Å². The van der Waals surface area contributed by atoms with Crippen molar-refractivity contribution in [2.24, 2.45) is 5.41 Å². The average molecular weight is 370 g/mol. The minimum atomic E-state index is -1.00. The summed E-state index contributed by atoms with van der Waals surface area (Å²) < 4.78 is 18.9. The summed E-state index contributed by atoms with van der Waals surface area (Å²) in [5, 5.41) is 5.61. The zero-order valence-electron chi connectivity index (χ0n) is 15.3. The van der Waals surface area contributed by atoms with E-state index in [0.717, 1.165) is 5.56 Å². The van der Waals surface area contributed by atoms with Crippen molar-refractivity contribution in [3.8, 4) is 5.75 Å². The molecule has 0 radical (unpaired) electrons. The lowest BCUT2D eigenvalue weighted by Gasteiger charge is -2.16. The molecule has 142 valence electrons. The first kappa shape index (κ1) is 18.9. The van der Waals surface area contributed by atoms with Crippen molar-refractivity contribution in [1.29, 1.82) is 0 Å². The first-order chi connectivity index (χ1) is 13.1. The molecule has 1 fully saturated rings. The normalized spacial score (nSPS) is 14.3. The van der Waals surface area contributed by atoms with Crippen LogP contribution in [0.4, 0.5) is 4.39 Å². The van der Waals surface area contributed by atoms with Crippen LogP contribution in [0.15, 0.2) is 48.5 Å². The van der Waals surface area contributed by atoms with Crippen LogP contribution in [0.25, 0.3) is 0 Å². The number of para-hydroxylation sites is 1. The van der Waals surface area contributed by atoms with Gasteiger partial charge >= 0.3 is 0 Å². The standard InChI is InChI=1S/C21H23FN2O3/c1-27-18-9-5-3-7-16(18)14-24-20(26)21(11-12-21)19(25)23-13-10-15-6-2-4-8-17(15)22/h2-9H,10-14H2,1H3,(H,23,25)(H,24,26). The molecule has 0 heterocycles. The molecule has 1 aliphatic rings. The van der Waals surface area contributed by atoms with Crippen molar-refractivity contribution in [3.05, 3.63) is 65.5 Å². The predicted octanol–water partition coefficient (Wildman–Crippen LogP) is 2.59. The molecule has 3 rings (SSSR count). The number of rotatable bonds is 8. The third-order valence-corrected chi connectivity index (χ3v) is 4.89. The number of methoxy groups -OCH3 is 1. The summed E-state index contributed by atoms with van der Waals surface area (Å²) in [5.41, 5.74) is 0.393. The van der Waals surface area contributed by atoms with Crippen LogP contribution in [0.1, 0.15) is 24.0 Å². The molecule has 6 heteroatoms. The SMILES string of the molecule is COc1ccccc1CNC(=O)C1(C(=O)NCCc2ccccc2F)CC1. The molecule has 1 aliphatic carbocycles. The largest absolute Gasteiger partial charge is 0.496 e. The number of carbonyl (C=O) groups excluding carboxylic acids is 2. The fourth-order valence-electron chi connectivity index (χ4n) is 3.06. The Labute approximate surface area is 157 Å². The van der Waals surface area contributed by atoms with Gasteiger partial charge in [-0.15, -0.1) is 0 Å². The molecule has 2 N–H and O–H groups in total. The van der Waals surface area contributed by atoms with Gasteiger partial charge in [0, 0.05) is 18.7 Å². The summed E-state index contributed by atoms with van der Waals surface area (Å²) in [5.74, 6) is -0.174. The Morgan fingerprint density at radius 2 is 1.63 bits per heavy atom. The highest BCUT2D eigenvalue weighted by Gasteiger charge is 2.56. The van der Waals surface area contributed by atoms with Crippen molar-refractivity contribution in [1.82, 2.24) is 10.6 Å². The van der Waals surface area contributed by atoms with Gasteiger partial charge in [-0.25, -0.2) is 4.39 Å². The minimum Gasteiger partial charge on any atom is -0.496 e. The Morgan fingerprint density at radius 1 is 1.00 bits per heavy atom. The van der Waals surface area contributed by atoms with Gasteiger partial charge < -0.3 is 15.4 Å². The number of benzene rings is 2. The van der Waals surface area contributed by atoms with Gasteiger partial charge in [0.2, 0.25) is 11.8 Å². The molecule has 27 heavy (non-hydrogen) atoms. The number of nitrogens with one attached hydrogen (secondary N) is 2. The van der Waals surface area contributed by atoms with Crippen molar-refractivity contribution in [2.75, 3.05) is 13.7 Å². The summed E-state index contributed by atoms with van der Waals surface area (Å²) >= 11 is 0. The summed E-state index contributed by atoms with van der Waals surface area (Å²) in [7, 11) is 1.58. The molecule has 0 aromatic heterocycles. The van der Waals surface area contributed by atoms with Crippen LogP contribution in [-0.4, -0.2) is 25.5 Å². The van der Waals surface area contributed by atoms with Gasteiger partial charge in [-0.3, -0.25) is 9.59 Å². The second-order valence-electron chi connectivity index (χ2n) is 6.67. The van der Waals surface area contributed by atoms with E-state index in [4.69, 9.17) is 4.74 Å². The molecule has 0 spiro atoms. The maximum Gasteiger partial charge on any atom is 0.235 e. The molecule has 0 bridgehead atoms. The van der Waals surface area contributed by atoms with Crippen LogP contribution in [-0.2, 0) is 22.6 Å². The Hall–Kier alpha value is -2.89. The van der Waals surface area contributed by atoms with E-state index in [1.165, 1.54) is 6.07 Å². The Balaban J connectivity index is 1.52. The number of hydrogen-bond donors (Lipinski definition) is 2. The lowest BCUT2D eigenvalue weighted by atomic mass is 10.0. The van der Waals surface area contributed by atoms with Crippen molar-refractivity contribution in [2.45, 2.75) is 25.8 Å². The van der Waals surface area contributed by atoms with Crippen LogP contribution in [0, 0.1) is 11.2 Å². The molecule has 2 aromatic rings. The fraction of sp³-hybridized carbons (Fsp3) is 0.333. The zero-order chi connectivity index (χ0) is 19.3. The van der Waals surface area contributed by atoms with Crippen LogP contribution in [0.3, 0.4) is 0 Å². The Kier molecular flexibility index (Phi) is 5.74. The van der Waals surface area contributed by atoms with Crippen LogP contribution >= 0.6 is 0 Å². The second-order valence-corrected chi connectivity index (χ2v) is 6.67. The van der Waals surface area contributed by atoms with Gasteiger partial charge in [0.25, 0.3) is 0 Å². The maximum absolute atomic E-state index is 13.6. The molecule has 0 unspecified atom stereocenters. The Bertz CT molecular complexity index is 834. The van der Waals surface area contributed by atoms with Crippen LogP contribution < -0.4 is 15.4 Å². The molecule has 0 aliphatic heterocycles. The van der Waals surface area contributed by atoms with E-state index in [9.17, 15) is 14.0 Å². The van der Waals surface area contributed by atoms with Crippen molar-refractivity contribution < 1.29 is 18.7 Å². The molecule has 2 amide bonds. The number of ether oxygens (including phenoxy) is 1. The van der Waals surface area contributed by atoms with Crippen LogP contribution in [0.2, 0.25) is 0 Å². The van der Waals surface area contributed by atoms with E-state index < -0.39 is 5.41 Å². The second kappa shape index (κ2) is 8.20. The molecule has 0 atom stereocenters. The summed E-state index contributed by atoms with van der Waals surface area (Å²) in [4.78, 5) is 25.0. The van der Waals surface area contributed by atoms with Crippen molar-refractivity contribution >= 4 is 11.8 Å². The molecule has 5 nitrogen and oxygen atoms in total. The molecule has 0 saturated heterocycles. The number of halogens is 1. The third-order valence-electron chi connectivity index (χ3n) is 4.89. The maximum atomic E-state index is 13.6. The predicted molar refractivity (Wildman–Crippen MR) is 99.6 cm³/mol. The van der Waals surface area contributed by atoms with Gasteiger partial charge in [-0.05, 0) is 37.0 Å². The summed E-state index contributed by atoms with van der Waals surface area (Å²) in [6.45, 7) is 0.592. The topological polar surface area (TPSA) is 67.4 Å². The number of hydrogen-bond acceptors (Lipinski definition) is 3. The minimum absolute atomic E-state index is 0.281. The van der Waals surface area contributed by atoms with Gasteiger partial charge in [0.1, 0.15) is 17.0 Å². The van der Waals surface area contributed by atoms with Crippen molar-refractivity contribution in [3.63, 3.8) is 0 Å². The summed E-state index contributed by atoms with van der Waals surface area (Å²) in [6.07, 6.45) is 1.43. The van der Waals surface area contributed by atoms with Gasteiger partial charge in [-0.1, -0.05) is 36.4 Å². The molecule has 2 aromatic carbocycles. The lowest BCUT2D eigenvalue weighted by molar-refractivity contribution is -0.137. The Morgan fingerprint density at radius 3 is 2.30 bits per heavy atom. The molecule has 1 saturated carbocycles. The average Bonchev–Trinajstić information content (AvgIpc) is 3.50. The third kappa shape index (κ3) is 4.27. The quantitative estimate of drug-likeness (QED) is 0.702. The molecular formula is C21H23FN2O3. The highest BCUT2D eigenvalue weighted by Crippen LogP contribution is 2.46. The first-order valence-corrected chi connectivity index (χ1v) is 8.99. The van der Waals surface area contributed by atoms with E-state index in [2.05, 4.69) is 10.6 Å². The van der Waals surface area contributed by atoms with Gasteiger partial charge in [-0.2, -0.15) is 0 Å². The van der Waals surface area contributed by atoms with Gasteiger partial charge in [0.05, 0.1) is 7.11 Å².